The maximum Gasteiger partial charge on any atom is 0.190 e. The Hall–Kier alpha value is -1.47. The highest BCUT2D eigenvalue weighted by atomic mass is 32.2. The third kappa shape index (κ3) is 5.01. The van der Waals surface area contributed by atoms with E-state index in [-0.39, 0.29) is 6.42 Å². The lowest BCUT2D eigenvalue weighted by Crippen LogP contribution is -2.27. The van der Waals surface area contributed by atoms with Crippen LogP contribution in [-0.2, 0) is 17.6 Å². The molecule has 0 bridgehead atoms. The summed E-state index contributed by atoms with van der Waals surface area (Å²) in [6.07, 6.45) is 1.79. The first-order valence-corrected chi connectivity index (χ1v) is 8.64. The molecule has 4 radical (unpaired) electrons. The fraction of sp³-hybridized carbons (Fsp3) is 0.533. The van der Waals surface area contributed by atoms with Crippen LogP contribution in [0, 0.1) is 13.8 Å². The normalized spacial score (nSPS) is 17.5. The molecule has 1 unspecified atom stereocenters. The van der Waals surface area contributed by atoms with Crippen LogP contribution in [0.25, 0.3) is 0 Å². The molecule has 0 spiro atoms. The number of aryl methyl sites for hydroxylation is 2. The van der Waals surface area contributed by atoms with Crippen LogP contribution in [0.3, 0.4) is 0 Å². The van der Waals surface area contributed by atoms with Crippen LogP contribution in [0.15, 0.2) is 8.83 Å². The molecule has 24 heavy (non-hydrogen) atoms. The highest BCUT2D eigenvalue weighted by molar-refractivity contribution is 8.00. The van der Waals surface area contributed by atoms with Gasteiger partial charge in [-0.25, -0.2) is 9.97 Å². The molecule has 1 saturated heterocycles. The summed E-state index contributed by atoms with van der Waals surface area (Å²) in [4.78, 5) is 20.2. The maximum atomic E-state index is 9.99. The molecule has 1 atom stereocenters. The van der Waals surface area contributed by atoms with E-state index in [1.54, 1.807) is 6.92 Å². The SMILES string of the molecule is [B]c1nc(C)oc1CC1SCCN1C.[B]c1nc(C)oc1CC=O. The van der Waals surface area contributed by atoms with Crippen LogP contribution in [0.2, 0.25) is 0 Å². The van der Waals surface area contributed by atoms with Crippen LogP contribution < -0.4 is 11.2 Å². The molecule has 9 heteroatoms. The van der Waals surface area contributed by atoms with Crippen molar-refractivity contribution in [3.63, 3.8) is 0 Å². The van der Waals surface area contributed by atoms with Crippen molar-refractivity contribution in [3.8, 4) is 0 Å². The number of carbonyl (C=O) groups excluding carboxylic acids is 1. The fourth-order valence-electron chi connectivity index (χ4n) is 2.32. The minimum Gasteiger partial charge on any atom is -0.447 e. The zero-order valence-corrected chi connectivity index (χ0v) is 14.9. The quantitative estimate of drug-likeness (QED) is 0.564. The molecule has 0 aromatic carbocycles. The van der Waals surface area contributed by atoms with Crippen molar-refractivity contribution < 1.29 is 13.6 Å². The standard InChI is InChI=1S/C9H13BN2OS.C6H6BNO2/c1-6-11-9(10)7(13-6)5-8-12(2)3-4-14-8;1-4-8-6(7)5(10-4)2-3-9/h8H,3-5H2,1-2H3;3H,2H2,1H3. The molecule has 0 amide bonds. The van der Waals surface area contributed by atoms with Gasteiger partial charge in [0.25, 0.3) is 0 Å². The number of aromatic nitrogens is 2. The number of carbonyl (C=O) groups is 1. The Morgan fingerprint density at radius 2 is 1.79 bits per heavy atom. The molecule has 1 fully saturated rings. The van der Waals surface area contributed by atoms with Crippen molar-refractivity contribution in [2.45, 2.75) is 32.1 Å². The Morgan fingerprint density at radius 3 is 2.21 bits per heavy atom. The number of hydrogen-bond acceptors (Lipinski definition) is 7. The largest absolute Gasteiger partial charge is 0.447 e. The average Bonchev–Trinajstić information content (AvgIpc) is 3.14. The first-order valence-electron chi connectivity index (χ1n) is 7.59. The van der Waals surface area contributed by atoms with E-state index >= 15 is 0 Å². The van der Waals surface area contributed by atoms with Crippen LogP contribution in [0.1, 0.15) is 23.3 Å². The molecular formula is C15H19B2N3O3S. The van der Waals surface area contributed by atoms with Gasteiger partial charge < -0.3 is 13.6 Å². The molecule has 2 aromatic heterocycles. The van der Waals surface area contributed by atoms with Crippen LogP contribution in [0.4, 0.5) is 0 Å². The minimum absolute atomic E-state index is 0.201. The van der Waals surface area contributed by atoms with Gasteiger partial charge >= 0.3 is 0 Å². The van der Waals surface area contributed by atoms with Gasteiger partial charge in [-0.05, 0) is 7.05 Å². The van der Waals surface area contributed by atoms with Crippen LogP contribution >= 0.6 is 11.8 Å². The first kappa shape index (κ1) is 18.9. The Bertz CT molecular complexity index is 690. The van der Waals surface area contributed by atoms with Gasteiger partial charge in [-0.2, -0.15) is 0 Å². The van der Waals surface area contributed by atoms with E-state index in [1.165, 1.54) is 5.75 Å². The molecular weight excluding hydrogens is 324 g/mol. The number of hydrogen-bond donors (Lipinski definition) is 0. The predicted octanol–water partition coefficient (Wildman–Crippen LogP) is -0.158. The van der Waals surface area contributed by atoms with E-state index in [2.05, 4.69) is 21.9 Å². The summed E-state index contributed by atoms with van der Waals surface area (Å²) in [7, 11) is 13.2. The zero-order valence-electron chi connectivity index (χ0n) is 14.1. The van der Waals surface area contributed by atoms with E-state index in [9.17, 15) is 4.79 Å². The van der Waals surface area contributed by atoms with Crippen molar-refractivity contribution in [1.29, 1.82) is 0 Å². The van der Waals surface area contributed by atoms with Gasteiger partial charge in [-0.15, -0.1) is 11.8 Å². The van der Waals surface area contributed by atoms with E-state index in [4.69, 9.17) is 24.5 Å². The average molecular weight is 343 g/mol. The second-order valence-electron chi connectivity index (χ2n) is 5.46. The first-order chi connectivity index (χ1) is 11.4. The summed E-state index contributed by atoms with van der Waals surface area (Å²) in [5, 5.41) is 0.490. The van der Waals surface area contributed by atoms with Crippen LogP contribution in [0.5, 0.6) is 0 Å². The fourth-order valence-corrected chi connectivity index (χ4v) is 3.61. The molecule has 2 aromatic rings. The molecule has 3 rings (SSSR count). The topological polar surface area (TPSA) is 72.4 Å². The maximum absolute atomic E-state index is 9.99. The van der Waals surface area contributed by atoms with Crippen molar-refractivity contribution in [2.75, 3.05) is 19.3 Å². The van der Waals surface area contributed by atoms with Gasteiger partial charge in [0.15, 0.2) is 11.8 Å². The van der Waals surface area contributed by atoms with E-state index in [0.29, 0.717) is 34.1 Å². The van der Waals surface area contributed by atoms with E-state index in [0.717, 1.165) is 25.0 Å². The lowest BCUT2D eigenvalue weighted by molar-refractivity contribution is -0.107. The monoisotopic (exact) mass is 343 g/mol. The highest BCUT2D eigenvalue weighted by Crippen LogP contribution is 2.24. The Kier molecular flexibility index (Phi) is 6.74. The van der Waals surface area contributed by atoms with Gasteiger partial charge in [0, 0.05) is 43.8 Å². The third-order valence-electron chi connectivity index (χ3n) is 3.54. The molecule has 1 aliphatic rings. The van der Waals surface area contributed by atoms with Gasteiger partial charge in [0.05, 0.1) is 11.8 Å². The molecule has 0 saturated carbocycles. The molecule has 6 nitrogen and oxygen atoms in total. The summed E-state index contributed by atoms with van der Waals surface area (Å²) in [5.74, 6) is 3.62. The minimum atomic E-state index is 0.201. The number of nitrogens with zero attached hydrogens (tertiary/aromatic N) is 3. The molecule has 0 aliphatic carbocycles. The molecule has 0 N–H and O–H groups in total. The van der Waals surface area contributed by atoms with Gasteiger partial charge in [0.2, 0.25) is 0 Å². The second-order valence-corrected chi connectivity index (χ2v) is 6.75. The third-order valence-corrected chi connectivity index (χ3v) is 4.87. The Morgan fingerprint density at radius 1 is 1.21 bits per heavy atom. The van der Waals surface area contributed by atoms with Crippen molar-refractivity contribution in [1.82, 2.24) is 14.9 Å². The number of likely N-dealkylation sites (N-methyl/N-ethyl adjacent to an activating group) is 1. The van der Waals surface area contributed by atoms with Gasteiger partial charge in [-0.1, -0.05) is 0 Å². The van der Waals surface area contributed by atoms with Crippen molar-refractivity contribution in [2.24, 2.45) is 0 Å². The van der Waals surface area contributed by atoms with E-state index < -0.39 is 0 Å². The zero-order chi connectivity index (χ0) is 17.7. The summed E-state index contributed by atoms with van der Waals surface area (Å²) in [6, 6.07) is 0. The van der Waals surface area contributed by atoms with Gasteiger partial charge in [0.1, 0.15) is 33.5 Å². The lowest BCUT2D eigenvalue weighted by atomic mass is 10.0. The highest BCUT2D eigenvalue weighted by Gasteiger charge is 2.23. The van der Waals surface area contributed by atoms with E-state index in [1.807, 2.05) is 18.7 Å². The van der Waals surface area contributed by atoms with Crippen molar-refractivity contribution in [3.05, 3.63) is 23.3 Å². The Balaban J connectivity index is 0.000000185. The smallest absolute Gasteiger partial charge is 0.190 e. The summed E-state index contributed by atoms with van der Waals surface area (Å²) >= 11 is 1.95. The lowest BCUT2D eigenvalue weighted by Gasteiger charge is -2.16. The number of aldehydes is 1. The summed E-state index contributed by atoms with van der Waals surface area (Å²) in [5.41, 5.74) is 0.855. The Labute approximate surface area is 148 Å². The number of oxazole rings is 2. The van der Waals surface area contributed by atoms with Crippen LogP contribution in [-0.4, -0.2) is 61.6 Å². The molecule has 124 valence electrons. The molecule has 1 aliphatic heterocycles. The summed E-state index contributed by atoms with van der Waals surface area (Å²) < 4.78 is 10.4. The van der Waals surface area contributed by atoms with Gasteiger partial charge in [-0.3, -0.25) is 4.90 Å². The summed E-state index contributed by atoms with van der Waals surface area (Å²) in [6.45, 7) is 4.65. The molecule has 3 heterocycles. The second kappa shape index (κ2) is 8.58. The predicted molar refractivity (Wildman–Crippen MR) is 95.6 cm³/mol. The number of thioether (sulfide) groups is 1. The van der Waals surface area contributed by atoms with Crippen molar-refractivity contribution >= 4 is 44.9 Å². The number of rotatable bonds is 4.